The summed E-state index contributed by atoms with van der Waals surface area (Å²) in [5, 5.41) is 6.80. The van der Waals surface area contributed by atoms with Crippen molar-refractivity contribution in [3.05, 3.63) is 24.2 Å². The Morgan fingerprint density at radius 1 is 1.03 bits per heavy atom. The van der Waals surface area contributed by atoms with Crippen LogP contribution in [-0.2, 0) is 38.1 Å². The van der Waals surface area contributed by atoms with Crippen molar-refractivity contribution in [2.75, 3.05) is 11.9 Å². The predicted molar refractivity (Wildman–Crippen MR) is 103 cm³/mol. The van der Waals surface area contributed by atoms with Gasteiger partial charge in [-0.15, -0.1) is 0 Å². The second-order valence-corrected chi connectivity index (χ2v) is 6.89. The Bertz CT molecular complexity index is 1020. The van der Waals surface area contributed by atoms with Gasteiger partial charge in [-0.2, -0.15) is 5.10 Å². The van der Waals surface area contributed by atoms with Crippen molar-refractivity contribution in [1.29, 1.82) is 0 Å². The third-order valence-corrected chi connectivity index (χ3v) is 4.43. The third-order valence-electron chi connectivity index (χ3n) is 4.43. The lowest BCUT2D eigenvalue weighted by molar-refractivity contribution is -0.165. The number of esters is 3. The highest BCUT2D eigenvalue weighted by Gasteiger charge is 2.51. The van der Waals surface area contributed by atoms with Crippen LogP contribution < -0.4 is 5.32 Å². The van der Waals surface area contributed by atoms with Gasteiger partial charge in [0.25, 0.3) is 0 Å². The van der Waals surface area contributed by atoms with Crippen LogP contribution in [0.25, 0.3) is 5.52 Å². The molecule has 3 heterocycles. The molecule has 1 aliphatic rings. The van der Waals surface area contributed by atoms with Crippen molar-refractivity contribution in [3.63, 3.8) is 0 Å². The van der Waals surface area contributed by atoms with Crippen molar-refractivity contribution in [2.45, 2.75) is 52.1 Å². The maximum absolute atomic E-state index is 11.8. The van der Waals surface area contributed by atoms with E-state index in [9.17, 15) is 19.2 Å². The fourth-order valence-electron chi connectivity index (χ4n) is 3.39. The average molecular weight is 434 g/mol. The molecule has 3 rings (SSSR count). The van der Waals surface area contributed by atoms with E-state index in [1.165, 1.54) is 38.5 Å². The van der Waals surface area contributed by atoms with Crippen LogP contribution in [0.15, 0.2) is 18.5 Å². The first kappa shape index (κ1) is 22.2. The smallest absolute Gasteiger partial charge is 0.303 e. The van der Waals surface area contributed by atoms with E-state index in [1.807, 2.05) is 0 Å². The molecule has 0 bridgehead atoms. The maximum atomic E-state index is 11.8. The normalized spacial score (nSPS) is 22.7. The molecule has 12 nitrogen and oxygen atoms in total. The van der Waals surface area contributed by atoms with Gasteiger partial charge in [0.15, 0.2) is 18.0 Å². The van der Waals surface area contributed by atoms with Crippen LogP contribution in [0.1, 0.15) is 39.5 Å². The summed E-state index contributed by atoms with van der Waals surface area (Å²) in [5.74, 6) is -1.80. The highest BCUT2D eigenvalue weighted by molar-refractivity contribution is 5.91. The van der Waals surface area contributed by atoms with Gasteiger partial charge >= 0.3 is 17.9 Å². The minimum absolute atomic E-state index is 0.211. The summed E-state index contributed by atoms with van der Waals surface area (Å²) in [7, 11) is 0. The highest BCUT2D eigenvalue weighted by Crippen LogP contribution is 2.38. The standard InChI is InChI=1S/C19H22N4O8/c1-9(24)22-19-14-6-5-13(23(14)21-8-20-19)16-18(30-12(4)27)17(29-11(3)26)15(31-16)7-28-10(2)25/h5-6,8,15-18H,7H2,1-4H3,(H,20,21,22,24)/t15?,16?,17-,18+/m1/s1. The van der Waals surface area contributed by atoms with Crippen LogP contribution in [0.3, 0.4) is 0 Å². The van der Waals surface area contributed by atoms with Gasteiger partial charge in [0, 0.05) is 27.7 Å². The molecule has 166 valence electrons. The molecule has 0 radical (unpaired) electrons. The monoisotopic (exact) mass is 434 g/mol. The number of hydrogen-bond acceptors (Lipinski definition) is 10. The molecule has 1 saturated heterocycles. The Hall–Kier alpha value is -3.54. The molecule has 12 heteroatoms. The molecule has 1 amide bonds. The van der Waals surface area contributed by atoms with E-state index in [0.29, 0.717) is 11.2 Å². The summed E-state index contributed by atoms with van der Waals surface area (Å²) in [4.78, 5) is 50.2. The van der Waals surface area contributed by atoms with Gasteiger partial charge in [-0.3, -0.25) is 19.2 Å². The van der Waals surface area contributed by atoms with E-state index in [4.69, 9.17) is 18.9 Å². The largest absolute Gasteiger partial charge is 0.463 e. The minimum atomic E-state index is -1.03. The molecule has 2 aromatic heterocycles. The Labute approximate surface area is 176 Å². The number of anilines is 1. The van der Waals surface area contributed by atoms with Crippen molar-refractivity contribution in [1.82, 2.24) is 14.6 Å². The summed E-state index contributed by atoms with van der Waals surface area (Å²) < 4.78 is 23.3. The zero-order valence-corrected chi connectivity index (χ0v) is 17.4. The lowest BCUT2D eigenvalue weighted by atomic mass is 10.1. The number of aromatic nitrogens is 3. The summed E-state index contributed by atoms with van der Waals surface area (Å²) >= 11 is 0. The number of nitrogens with one attached hydrogen (secondary N) is 1. The summed E-state index contributed by atoms with van der Waals surface area (Å²) in [6.07, 6.45) is -2.59. The van der Waals surface area contributed by atoms with Crippen LogP contribution in [0, 0.1) is 0 Å². The SMILES string of the molecule is CC(=O)Nc1ncnn2c(C3OC(COC(C)=O)[C@@H](OC(C)=O)[C@H]3OC(C)=O)ccc12. The first-order chi connectivity index (χ1) is 14.7. The molecular formula is C19H22N4O8. The second kappa shape index (κ2) is 9.08. The van der Waals surface area contributed by atoms with E-state index in [0.717, 1.165) is 0 Å². The van der Waals surface area contributed by atoms with Gasteiger partial charge in [-0.25, -0.2) is 9.50 Å². The van der Waals surface area contributed by atoms with Crippen LogP contribution in [0.5, 0.6) is 0 Å². The number of nitrogens with zero attached hydrogens (tertiary/aromatic N) is 3. The Kier molecular flexibility index (Phi) is 6.49. The number of fused-ring (bicyclic) bond motifs is 1. The van der Waals surface area contributed by atoms with Crippen LogP contribution in [0.4, 0.5) is 5.82 Å². The van der Waals surface area contributed by atoms with Crippen LogP contribution >= 0.6 is 0 Å². The van der Waals surface area contributed by atoms with Gasteiger partial charge in [-0.1, -0.05) is 0 Å². The first-order valence-electron chi connectivity index (χ1n) is 9.41. The highest BCUT2D eigenvalue weighted by atomic mass is 16.6. The zero-order chi connectivity index (χ0) is 22.7. The fraction of sp³-hybridized carbons (Fsp3) is 0.474. The third kappa shape index (κ3) is 4.97. The summed E-state index contributed by atoms with van der Waals surface area (Å²) in [5.41, 5.74) is 0.933. The van der Waals surface area contributed by atoms with Crippen molar-refractivity contribution < 1.29 is 38.1 Å². The van der Waals surface area contributed by atoms with Crippen molar-refractivity contribution >= 4 is 35.1 Å². The van der Waals surface area contributed by atoms with Gasteiger partial charge in [0.2, 0.25) is 5.91 Å². The van der Waals surface area contributed by atoms with E-state index >= 15 is 0 Å². The lowest BCUT2D eigenvalue weighted by Crippen LogP contribution is -2.40. The number of amides is 1. The topological polar surface area (TPSA) is 147 Å². The van der Waals surface area contributed by atoms with Gasteiger partial charge < -0.3 is 24.3 Å². The molecular weight excluding hydrogens is 412 g/mol. The van der Waals surface area contributed by atoms with Crippen molar-refractivity contribution in [2.24, 2.45) is 0 Å². The van der Waals surface area contributed by atoms with Gasteiger partial charge in [-0.05, 0) is 12.1 Å². The van der Waals surface area contributed by atoms with E-state index in [2.05, 4.69) is 15.4 Å². The van der Waals surface area contributed by atoms with Gasteiger partial charge in [0.1, 0.15) is 30.7 Å². The maximum Gasteiger partial charge on any atom is 0.303 e. The number of carbonyl (C=O) groups is 4. The molecule has 0 aromatic carbocycles. The molecule has 2 unspecified atom stereocenters. The number of hydrogen-bond donors (Lipinski definition) is 1. The Balaban J connectivity index is 2.02. The quantitative estimate of drug-likeness (QED) is 0.505. The second-order valence-electron chi connectivity index (χ2n) is 6.89. The zero-order valence-electron chi connectivity index (χ0n) is 17.4. The number of rotatable bonds is 6. The van der Waals surface area contributed by atoms with E-state index in [1.54, 1.807) is 12.1 Å². The summed E-state index contributed by atoms with van der Waals surface area (Å²) in [6.45, 7) is 4.80. The fourth-order valence-corrected chi connectivity index (χ4v) is 3.39. The Morgan fingerprint density at radius 3 is 2.32 bits per heavy atom. The van der Waals surface area contributed by atoms with Crippen LogP contribution in [0.2, 0.25) is 0 Å². The minimum Gasteiger partial charge on any atom is -0.463 e. The molecule has 1 N–H and O–H groups in total. The predicted octanol–water partition coefficient (Wildman–Crippen LogP) is 0.554. The molecule has 0 spiro atoms. The first-order valence-corrected chi connectivity index (χ1v) is 9.41. The number of carbonyl (C=O) groups excluding carboxylic acids is 4. The lowest BCUT2D eigenvalue weighted by Gasteiger charge is -2.23. The van der Waals surface area contributed by atoms with Crippen molar-refractivity contribution in [3.8, 4) is 0 Å². The van der Waals surface area contributed by atoms with E-state index < -0.39 is 42.3 Å². The van der Waals surface area contributed by atoms with E-state index in [-0.39, 0.29) is 18.3 Å². The molecule has 0 aliphatic carbocycles. The van der Waals surface area contributed by atoms with Crippen LogP contribution in [-0.4, -0.2) is 63.3 Å². The molecule has 31 heavy (non-hydrogen) atoms. The van der Waals surface area contributed by atoms with Gasteiger partial charge in [0.05, 0.1) is 5.69 Å². The molecule has 1 aliphatic heterocycles. The number of ether oxygens (including phenoxy) is 4. The molecule has 2 aromatic rings. The Morgan fingerprint density at radius 2 is 1.71 bits per heavy atom. The average Bonchev–Trinajstić information content (AvgIpc) is 3.22. The molecule has 4 atom stereocenters. The molecule has 0 saturated carbocycles. The summed E-state index contributed by atoms with van der Waals surface area (Å²) in [6, 6.07) is 3.32. The molecule has 1 fully saturated rings.